The molecule has 0 saturated carbocycles. The largest absolute Gasteiger partial charge is 0.494 e. The van der Waals surface area contributed by atoms with E-state index in [0.29, 0.717) is 17.5 Å². The summed E-state index contributed by atoms with van der Waals surface area (Å²) >= 11 is 0. The highest BCUT2D eigenvalue weighted by molar-refractivity contribution is 5.98. The van der Waals surface area contributed by atoms with Crippen LogP contribution < -0.4 is 4.74 Å². The molecule has 0 spiro atoms. The number of halogens is 1. The number of carbonyl (C=O) groups is 1. The molecule has 1 aromatic carbocycles. The first-order chi connectivity index (χ1) is 9.55. The maximum absolute atomic E-state index is 13.6. The van der Waals surface area contributed by atoms with Crippen LogP contribution in [0.15, 0.2) is 24.4 Å². The topological polar surface area (TPSA) is 44.1 Å². The molecule has 0 unspecified atom stereocenters. The summed E-state index contributed by atoms with van der Waals surface area (Å²) in [7, 11) is 3.19. The van der Waals surface area contributed by atoms with Crippen LogP contribution in [0.1, 0.15) is 28.5 Å². The van der Waals surface area contributed by atoms with Gasteiger partial charge in [0.15, 0.2) is 17.3 Å². The Hall–Kier alpha value is -2.17. The molecule has 2 aromatic rings. The first-order valence-electron chi connectivity index (χ1n) is 6.43. The zero-order valence-electron chi connectivity index (χ0n) is 11.8. The SMILES string of the molecule is CCc1nn(C)cc1C(=O)Cc1ccc(OC)c(F)c1. The Morgan fingerprint density at radius 1 is 1.45 bits per heavy atom. The number of benzene rings is 1. The van der Waals surface area contributed by atoms with Gasteiger partial charge in [-0.1, -0.05) is 13.0 Å². The highest BCUT2D eigenvalue weighted by Crippen LogP contribution is 2.19. The molecule has 20 heavy (non-hydrogen) atoms. The lowest BCUT2D eigenvalue weighted by Gasteiger charge is -2.05. The van der Waals surface area contributed by atoms with Crippen molar-refractivity contribution >= 4 is 5.78 Å². The fourth-order valence-electron chi connectivity index (χ4n) is 2.13. The van der Waals surface area contributed by atoms with E-state index < -0.39 is 5.82 Å². The third-order valence-electron chi connectivity index (χ3n) is 3.12. The summed E-state index contributed by atoms with van der Waals surface area (Å²) in [6.45, 7) is 1.95. The minimum Gasteiger partial charge on any atom is -0.494 e. The average molecular weight is 276 g/mol. The standard InChI is InChI=1S/C15H17FN2O2/c1-4-13-11(9-18(2)17-13)14(19)8-10-5-6-15(20-3)12(16)7-10/h5-7,9H,4,8H2,1-3H3. The number of ketones is 1. The normalized spacial score (nSPS) is 10.6. The zero-order valence-corrected chi connectivity index (χ0v) is 11.8. The molecule has 1 aromatic heterocycles. The molecule has 0 fully saturated rings. The van der Waals surface area contributed by atoms with E-state index in [1.807, 2.05) is 6.92 Å². The lowest BCUT2D eigenvalue weighted by atomic mass is 10.0. The number of nitrogens with zero attached hydrogens (tertiary/aromatic N) is 2. The maximum Gasteiger partial charge on any atom is 0.170 e. The molecular weight excluding hydrogens is 259 g/mol. The van der Waals surface area contributed by atoms with Gasteiger partial charge >= 0.3 is 0 Å². The van der Waals surface area contributed by atoms with Crippen LogP contribution >= 0.6 is 0 Å². The van der Waals surface area contributed by atoms with Crippen molar-refractivity contribution in [1.82, 2.24) is 9.78 Å². The Morgan fingerprint density at radius 2 is 2.20 bits per heavy atom. The van der Waals surface area contributed by atoms with Gasteiger partial charge in [0, 0.05) is 19.7 Å². The summed E-state index contributed by atoms with van der Waals surface area (Å²) in [4.78, 5) is 12.3. The number of ether oxygens (including phenoxy) is 1. The van der Waals surface area contributed by atoms with Crippen molar-refractivity contribution in [1.29, 1.82) is 0 Å². The molecular formula is C15H17FN2O2. The first-order valence-corrected chi connectivity index (χ1v) is 6.43. The van der Waals surface area contributed by atoms with Crippen molar-refractivity contribution in [3.8, 4) is 5.75 Å². The number of methoxy groups -OCH3 is 1. The van der Waals surface area contributed by atoms with Crippen LogP contribution in [0.25, 0.3) is 0 Å². The predicted octanol–water partition coefficient (Wildman–Crippen LogP) is 2.56. The summed E-state index contributed by atoms with van der Waals surface area (Å²) in [5, 5.41) is 4.24. The van der Waals surface area contributed by atoms with Crippen molar-refractivity contribution < 1.29 is 13.9 Å². The second-order valence-electron chi connectivity index (χ2n) is 4.59. The van der Waals surface area contributed by atoms with Gasteiger partial charge in [-0.25, -0.2) is 4.39 Å². The van der Waals surface area contributed by atoms with Gasteiger partial charge in [-0.3, -0.25) is 9.48 Å². The quantitative estimate of drug-likeness (QED) is 0.788. The second kappa shape index (κ2) is 5.86. The molecule has 0 bridgehead atoms. The van der Waals surface area contributed by atoms with Crippen molar-refractivity contribution in [3.63, 3.8) is 0 Å². The van der Waals surface area contributed by atoms with E-state index in [9.17, 15) is 9.18 Å². The van der Waals surface area contributed by atoms with Gasteiger partial charge < -0.3 is 4.74 Å². The number of Topliss-reactive ketones (excluding diaryl/α,β-unsaturated/α-hetero) is 1. The van der Waals surface area contributed by atoms with Gasteiger partial charge in [0.1, 0.15) is 0 Å². The number of carbonyl (C=O) groups excluding carboxylic acids is 1. The summed E-state index contributed by atoms with van der Waals surface area (Å²) < 4.78 is 20.1. The molecule has 5 heteroatoms. The highest BCUT2D eigenvalue weighted by Gasteiger charge is 2.15. The van der Waals surface area contributed by atoms with Crippen molar-refractivity contribution in [2.75, 3.05) is 7.11 Å². The molecule has 0 aliphatic rings. The molecule has 0 amide bonds. The average Bonchev–Trinajstić information content (AvgIpc) is 2.80. The fourth-order valence-corrected chi connectivity index (χ4v) is 2.13. The summed E-state index contributed by atoms with van der Waals surface area (Å²) in [6, 6.07) is 4.56. The molecule has 0 atom stereocenters. The van der Waals surface area contributed by atoms with Gasteiger partial charge in [-0.2, -0.15) is 5.10 Å². The van der Waals surface area contributed by atoms with E-state index in [1.165, 1.54) is 19.2 Å². The van der Waals surface area contributed by atoms with Gasteiger partial charge in [0.25, 0.3) is 0 Å². The number of aromatic nitrogens is 2. The Morgan fingerprint density at radius 3 is 2.80 bits per heavy atom. The molecule has 1 heterocycles. The molecule has 4 nitrogen and oxygen atoms in total. The second-order valence-corrected chi connectivity index (χ2v) is 4.59. The van der Waals surface area contributed by atoms with E-state index in [1.54, 1.807) is 24.0 Å². The third-order valence-corrected chi connectivity index (χ3v) is 3.12. The minimum atomic E-state index is -0.459. The van der Waals surface area contributed by atoms with E-state index in [-0.39, 0.29) is 18.0 Å². The summed E-state index contributed by atoms with van der Waals surface area (Å²) in [5.74, 6) is -0.337. The van der Waals surface area contributed by atoms with Crippen LogP contribution in [0, 0.1) is 5.82 Å². The number of hydrogen-bond acceptors (Lipinski definition) is 3. The van der Waals surface area contributed by atoms with Gasteiger partial charge in [-0.05, 0) is 24.1 Å². The van der Waals surface area contributed by atoms with E-state index >= 15 is 0 Å². The van der Waals surface area contributed by atoms with Crippen molar-refractivity contribution in [3.05, 3.63) is 47.0 Å². The summed E-state index contributed by atoms with van der Waals surface area (Å²) in [5.41, 5.74) is 2.00. The third kappa shape index (κ3) is 2.87. The molecule has 0 aliphatic carbocycles. The van der Waals surface area contributed by atoms with E-state index in [2.05, 4.69) is 5.10 Å². The van der Waals surface area contributed by atoms with Crippen LogP contribution in [0.2, 0.25) is 0 Å². The van der Waals surface area contributed by atoms with Crippen LogP contribution in [-0.4, -0.2) is 22.7 Å². The Bertz CT molecular complexity index is 635. The zero-order chi connectivity index (χ0) is 14.7. The highest BCUT2D eigenvalue weighted by atomic mass is 19.1. The fraction of sp³-hybridized carbons (Fsp3) is 0.333. The predicted molar refractivity (Wildman–Crippen MR) is 73.6 cm³/mol. The number of rotatable bonds is 5. The molecule has 0 saturated heterocycles. The van der Waals surface area contributed by atoms with E-state index in [0.717, 1.165) is 5.69 Å². The van der Waals surface area contributed by atoms with Gasteiger partial charge in [0.2, 0.25) is 0 Å². The molecule has 0 radical (unpaired) electrons. The molecule has 2 rings (SSSR count). The number of hydrogen-bond donors (Lipinski definition) is 0. The van der Waals surface area contributed by atoms with Crippen molar-refractivity contribution in [2.45, 2.75) is 19.8 Å². The molecule has 0 N–H and O–H groups in total. The van der Waals surface area contributed by atoms with Gasteiger partial charge in [0.05, 0.1) is 18.4 Å². The monoisotopic (exact) mass is 276 g/mol. The summed E-state index contributed by atoms with van der Waals surface area (Å²) in [6.07, 6.45) is 2.56. The maximum atomic E-state index is 13.6. The van der Waals surface area contributed by atoms with Crippen LogP contribution in [-0.2, 0) is 19.9 Å². The van der Waals surface area contributed by atoms with Crippen LogP contribution in [0.3, 0.4) is 0 Å². The molecule has 106 valence electrons. The molecule has 0 aliphatic heterocycles. The Balaban J connectivity index is 2.21. The Kier molecular flexibility index (Phi) is 4.17. The van der Waals surface area contributed by atoms with E-state index in [4.69, 9.17) is 4.74 Å². The van der Waals surface area contributed by atoms with Crippen molar-refractivity contribution in [2.24, 2.45) is 7.05 Å². The lowest BCUT2D eigenvalue weighted by Crippen LogP contribution is -2.06. The first kappa shape index (κ1) is 14.2. The van der Waals surface area contributed by atoms with Crippen LogP contribution in [0.4, 0.5) is 4.39 Å². The minimum absolute atomic E-state index is 0.0560. The Labute approximate surface area is 117 Å². The lowest BCUT2D eigenvalue weighted by molar-refractivity contribution is 0.0992. The number of aryl methyl sites for hydroxylation is 2. The van der Waals surface area contributed by atoms with Gasteiger partial charge in [-0.15, -0.1) is 0 Å². The van der Waals surface area contributed by atoms with Crippen LogP contribution in [0.5, 0.6) is 5.75 Å². The smallest absolute Gasteiger partial charge is 0.170 e.